The van der Waals surface area contributed by atoms with Crippen molar-refractivity contribution < 1.29 is 9.59 Å². The summed E-state index contributed by atoms with van der Waals surface area (Å²) < 4.78 is 0. The minimum atomic E-state index is 0.0567. The molecule has 1 aromatic carbocycles. The first kappa shape index (κ1) is 18.5. The van der Waals surface area contributed by atoms with Crippen LogP contribution < -0.4 is 5.32 Å². The van der Waals surface area contributed by atoms with Crippen molar-refractivity contribution in [2.24, 2.45) is 5.92 Å². The van der Waals surface area contributed by atoms with Crippen LogP contribution in [0.2, 0.25) is 0 Å². The summed E-state index contributed by atoms with van der Waals surface area (Å²) in [5.41, 5.74) is 1.74. The van der Waals surface area contributed by atoms with Gasteiger partial charge < -0.3 is 10.2 Å². The van der Waals surface area contributed by atoms with E-state index in [1.54, 1.807) is 4.90 Å². The van der Waals surface area contributed by atoms with Gasteiger partial charge in [0, 0.05) is 31.6 Å². The maximum absolute atomic E-state index is 12.3. The van der Waals surface area contributed by atoms with Crippen molar-refractivity contribution in [2.45, 2.75) is 58.4 Å². The highest BCUT2D eigenvalue weighted by Gasteiger charge is 2.20. The molecule has 1 fully saturated rings. The van der Waals surface area contributed by atoms with Gasteiger partial charge in [-0.25, -0.2) is 0 Å². The predicted octanol–water partition coefficient (Wildman–Crippen LogP) is 3.76. The zero-order valence-corrected chi connectivity index (χ0v) is 15.0. The zero-order chi connectivity index (χ0) is 17.4. The number of nitrogens with one attached hydrogen (secondary N) is 1. The molecule has 132 valence electrons. The molecule has 0 radical (unpaired) electrons. The van der Waals surface area contributed by atoms with Crippen molar-refractivity contribution >= 4 is 11.8 Å². The Bertz CT molecular complexity index is 533. The summed E-state index contributed by atoms with van der Waals surface area (Å²) in [5, 5.41) is 3.03. The SMILES string of the molecule is CCCCN(C)C(=O)c1ccc(CNC(=O)C2CCCCC2)cc1. The second kappa shape index (κ2) is 9.45. The van der Waals surface area contributed by atoms with Crippen molar-refractivity contribution in [1.82, 2.24) is 10.2 Å². The largest absolute Gasteiger partial charge is 0.352 e. The number of benzene rings is 1. The molecular formula is C20H30N2O2. The van der Waals surface area contributed by atoms with Crippen LogP contribution >= 0.6 is 0 Å². The molecule has 0 heterocycles. The summed E-state index contributed by atoms with van der Waals surface area (Å²) in [6.45, 7) is 3.44. The molecule has 1 aliphatic rings. The highest BCUT2D eigenvalue weighted by Crippen LogP contribution is 2.23. The third-order valence-corrected chi connectivity index (χ3v) is 4.84. The second-order valence-electron chi connectivity index (χ2n) is 6.83. The number of unbranched alkanes of at least 4 members (excludes halogenated alkanes) is 1. The van der Waals surface area contributed by atoms with Gasteiger partial charge in [-0.05, 0) is 37.0 Å². The summed E-state index contributed by atoms with van der Waals surface area (Å²) in [5.74, 6) is 0.419. The molecule has 2 rings (SSSR count). The number of hydrogen-bond acceptors (Lipinski definition) is 2. The van der Waals surface area contributed by atoms with E-state index in [9.17, 15) is 9.59 Å². The summed E-state index contributed by atoms with van der Waals surface area (Å²) in [6.07, 6.45) is 7.73. The van der Waals surface area contributed by atoms with Crippen LogP contribution in [0.25, 0.3) is 0 Å². The highest BCUT2D eigenvalue weighted by atomic mass is 16.2. The van der Waals surface area contributed by atoms with Crippen LogP contribution in [0.5, 0.6) is 0 Å². The number of hydrogen-bond donors (Lipinski definition) is 1. The Labute approximate surface area is 145 Å². The molecule has 0 aromatic heterocycles. The lowest BCUT2D eigenvalue weighted by Gasteiger charge is -2.20. The fraction of sp³-hybridized carbons (Fsp3) is 0.600. The lowest BCUT2D eigenvalue weighted by atomic mass is 9.88. The van der Waals surface area contributed by atoms with Crippen molar-refractivity contribution in [1.29, 1.82) is 0 Å². The summed E-state index contributed by atoms with van der Waals surface area (Å²) in [6, 6.07) is 7.57. The number of carbonyl (C=O) groups excluding carboxylic acids is 2. The minimum absolute atomic E-state index is 0.0567. The van der Waals surface area contributed by atoms with Crippen LogP contribution in [0.4, 0.5) is 0 Å². The molecular weight excluding hydrogens is 300 g/mol. The van der Waals surface area contributed by atoms with Crippen molar-refractivity contribution in [2.75, 3.05) is 13.6 Å². The smallest absolute Gasteiger partial charge is 0.253 e. The Kier molecular flexibility index (Phi) is 7.29. The normalized spacial score (nSPS) is 15.1. The number of rotatable bonds is 7. The molecule has 0 aliphatic heterocycles. The maximum Gasteiger partial charge on any atom is 0.253 e. The third-order valence-electron chi connectivity index (χ3n) is 4.84. The van der Waals surface area contributed by atoms with Crippen LogP contribution in [0.15, 0.2) is 24.3 Å². The molecule has 1 saturated carbocycles. The zero-order valence-electron chi connectivity index (χ0n) is 15.0. The Balaban J connectivity index is 1.83. The monoisotopic (exact) mass is 330 g/mol. The topological polar surface area (TPSA) is 49.4 Å². The van der Waals surface area contributed by atoms with Crippen LogP contribution in [-0.2, 0) is 11.3 Å². The van der Waals surface area contributed by atoms with E-state index in [0.717, 1.165) is 37.8 Å². The Morgan fingerprint density at radius 2 is 1.79 bits per heavy atom. The van der Waals surface area contributed by atoms with Crippen molar-refractivity contribution in [3.8, 4) is 0 Å². The molecule has 1 N–H and O–H groups in total. The van der Waals surface area contributed by atoms with Crippen molar-refractivity contribution in [3.63, 3.8) is 0 Å². The number of carbonyl (C=O) groups is 2. The molecule has 0 unspecified atom stereocenters. The van der Waals surface area contributed by atoms with Gasteiger partial charge in [0.25, 0.3) is 5.91 Å². The van der Waals surface area contributed by atoms with Crippen LogP contribution in [0, 0.1) is 5.92 Å². The molecule has 2 amide bonds. The Hall–Kier alpha value is -1.84. The number of amides is 2. The van der Waals surface area contributed by atoms with Gasteiger partial charge in [-0.1, -0.05) is 44.7 Å². The second-order valence-corrected chi connectivity index (χ2v) is 6.83. The average molecular weight is 330 g/mol. The van der Waals surface area contributed by atoms with Gasteiger partial charge >= 0.3 is 0 Å². The highest BCUT2D eigenvalue weighted by molar-refractivity contribution is 5.94. The number of nitrogens with zero attached hydrogens (tertiary/aromatic N) is 1. The van der Waals surface area contributed by atoms with Gasteiger partial charge in [0.15, 0.2) is 0 Å². The first-order valence-corrected chi connectivity index (χ1v) is 9.24. The van der Waals surface area contributed by atoms with Gasteiger partial charge in [0.05, 0.1) is 0 Å². The minimum Gasteiger partial charge on any atom is -0.352 e. The van der Waals surface area contributed by atoms with E-state index in [4.69, 9.17) is 0 Å². The van der Waals surface area contributed by atoms with Crippen LogP contribution in [0.3, 0.4) is 0 Å². The van der Waals surface area contributed by atoms with Gasteiger partial charge in [0.2, 0.25) is 5.91 Å². The van der Waals surface area contributed by atoms with Crippen molar-refractivity contribution in [3.05, 3.63) is 35.4 Å². The fourth-order valence-electron chi connectivity index (χ4n) is 3.18. The van der Waals surface area contributed by atoms with E-state index in [1.807, 2.05) is 31.3 Å². The molecule has 0 atom stereocenters. The molecule has 1 aliphatic carbocycles. The van der Waals surface area contributed by atoms with Gasteiger partial charge in [-0.3, -0.25) is 9.59 Å². The van der Waals surface area contributed by atoms with E-state index in [-0.39, 0.29) is 17.7 Å². The first-order valence-electron chi connectivity index (χ1n) is 9.24. The lowest BCUT2D eigenvalue weighted by molar-refractivity contribution is -0.126. The molecule has 4 nitrogen and oxygen atoms in total. The lowest BCUT2D eigenvalue weighted by Crippen LogP contribution is -2.31. The molecule has 1 aromatic rings. The fourth-order valence-corrected chi connectivity index (χ4v) is 3.18. The summed E-state index contributed by atoms with van der Waals surface area (Å²) in [4.78, 5) is 26.2. The van der Waals surface area contributed by atoms with Crippen LogP contribution in [-0.4, -0.2) is 30.3 Å². The van der Waals surface area contributed by atoms with E-state index in [0.29, 0.717) is 12.1 Å². The predicted molar refractivity (Wildman–Crippen MR) is 96.7 cm³/mol. The molecule has 0 spiro atoms. The molecule has 0 saturated heterocycles. The summed E-state index contributed by atoms with van der Waals surface area (Å²) in [7, 11) is 1.84. The van der Waals surface area contributed by atoms with E-state index in [1.165, 1.54) is 19.3 Å². The van der Waals surface area contributed by atoms with E-state index >= 15 is 0 Å². The molecule has 4 heteroatoms. The average Bonchev–Trinajstić information content (AvgIpc) is 2.64. The first-order chi connectivity index (χ1) is 11.6. The van der Waals surface area contributed by atoms with E-state index in [2.05, 4.69) is 12.2 Å². The third kappa shape index (κ3) is 5.36. The Morgan fingerprint density at radius 1 is 1.12 bits per heavy atom. The molecule has 0 bridgehead atoms. The van der Waals surface area contributed by atoms with Gasteiger partial charge in [-0.15, -0.1) is 0 Å². The quantitative estimate of drug-likeness (QED) is 0.827. The standard InChI is InChI=1S/C20H30N2O2/c1-3-4-14-22(2)20(24)18-12-10-16(11-13-18)15-21-19(23)17-8-6-5-7-9-17/h10-13,17H,3-9,14-15H2,1-2H3,(H,21,23). The maximum atomic E-state index is 12.3. The molecule has 24 heavy (non-hydrogen) atoms. The van der Waals surface area contributed by atoms with Gasteiger partial charge in [-0.2, -0.15) is 0 Å². The van der Waals surface area contributed by atoms with Crippen LogP contribution in [0.1, 0.15) is 67.8 Å². The van der Waals surface area contributed by atoms with Gasteiger partial charge in [0.1, 0.15) is 0 Å². The Morgan fingerprint density at radius 3 is 2.42 bits per heavy atom. The summed E-state index contributed by atoms with van der Waals surface area (Å²) >= 11 is 0. The van der Waals surface area contributed by atoms with E-state index < -0.39 is 0 Å².